The molecule has 0 spiro atoms. The Kier molecular flexibility index (Phi) is 13.4. The third-order valence-corrected chi connectivity index (χ3v) is 3.97. The molecule has 0 amide bonds. The summed E-state index contributed by atoms with van der Waals surface area (Å²) in [5.41, 5.74) is 4.15. The van der Waals surface area contributed by atoms with Crippen LogP contribution in [0.2, 0.25) is 0 Å². The first-order chi connectivity index (χ1) is 9.47. The molecule has 0 atom stereocenters. The maximum absolute atomic E-state index is 3.33. The van der Waals surface area contributed by atoms with E-state index in [2.05, 4.69) is 89.9 Å². The Hall–Kier alpha value is -0.206. The number of hydrogen-bond acceptors (Lipinski definition) is 1. The molecule has 0 saturated heterocycles. The molecule has 1 nitrogen and oxygen atoms in total. The maximum atomic E-state index is 3.33. The minimum absolute atomic E-state index is 0. The first-order valence-electron chi connectivity index (χ1n) is 7.35. The number of allylic oxidation sites excluding steroid dienone is 4. The van der Waals surface area contributed by atoms with Gasteiger partial charge in [-0.25, -0.2) is 0 Å². The van der Waals surface area contributed by atoms with E-state index in [1.165, 1.54) is 27.1 Å². The predicted octanol–water partition coefficient (Wildman–Crippen LogP) is -0.640. The van der Waals surface area contributed by atoms with Crippen LogP contribution in [-0.2, 0) is 20.4 Å². The van der Waals surface area contributed by atoms with Crippen LogP contribution in [0.3, 0.4) is 0 Å². The summed E-state index contributed by atoms with van der Waals surface area (Å²) in [6.45, 7) is 8.95. The van der Waals surface area contributed by atoms with Gasteiger partial charge >= 0.3 is 49.0 Å². The van der Waals surface area contributed by atoms with E-state index >= 15 is 0 Å². The normalized spacial score (nSPS) is 12.1. The number of benzene rings is 1. The summed E-state index contributed by atoms with van der Waals surface area (Å²) in [5, 5.41) is 3.33. The second-order valence-electron chi connectivity index (χ2n) is 5.70. The van der Waals surface area contributed by atoms with Crippen molar-refractivity contribution in [3.63, 3.8) is 0 Å². The molecule has 0 aliphatic heterocycles. The summed E-state index contributed by atoms with van der Waals surface area (Å²) >= 11 is 2.14. The van der Waals surface area contributed by atoms with E-state index in [9.17, 15) is 0 Å². The van der Waals surface area contributed by atoms with Crippen LogP contribution < -0.4 is 30.1 Å². The van der Waals surface area contributed by atoms with Gasteiger partial charge in [-0.2, -0.15) is 0 Å². The number of para-hydroxylation sites is 1. The van der Waals surface area contributed by atoms with E-state index in [1.807, 2.05) is 7.05 Å². The van der Waals surface area contributed by atoms with Crippen LogP contribution >= 0.6 is 0 Å². The fourth-order valence-electron chi connectivity index (χ4n) is 2.29. The third-order valence-electron chi connectivity index (χ3n) is 3.39. The molecular formula is C18H26Cl2NTi. The molecule has 1 aliphatic carbocycles. The van der Waals surface area contributed by atoms with Gasteiger partial charge in [0.15, 0.2) is 0 Å². The van der Waals surface area contributed by atoms with E-state index in [-0.39, 0.29) is 24.8 Å². The van der Waals surface area contributed by atoms with Gasteiger partial charge in [0.25, 0.3) is 0 Å². The van der Waals surface area contributed by atoms with Crippen molar-refractivity contribution < 1.29 is 45.2 Å². The van der Waals surface area contributed by atoms with Crippen LogP contribution in [-0.4, -0.2) is 7.05 Å². The third kappa shape index (κ3) is 7.37. The molecule has 1 aromatic carbocycles. The molecule has 1 N–H and O–H groups in total. The minimum atomic E-state index is 0. The molecule has 0 aromatic heterocycles. The van der Waals surface area contributed by atoms with Crippen LogP contribution in [0, 0.1) is 0 Å². The van der Waals surface area contributed by atoms with Crippen molar-refractivity contribution in [1.82, 2.24) is 0 Å². The van der Waals surface area contributed by atoms with Gasteiger partial charge in [0.2, 0.25) is 0 Å². The van der Waals surface area contributed by atoms with Crippen molar-refractivity contribution in [1.29, 1.82) is 0 Å². The molecule has 1 aliphatic rings. The number of hydrogen-bond donors (Lipinski definition) is 1. The topological polar surface area (TPSA) is 12.0 Å². The average Bonchev–Trinajstić information content (AvgIpc) is 2.89. The summed E-state index contributed by atoms with van der Waals surface area (Å²) in [6, 6.07) is 6.58. The standard InChI is InChI=1S/C13H21N.C5H5.2ClH.Ti/c1-9(2)11-7-6-8-12(10(3)4)13(11)14-5;1-2-4-5-3-1;;;/h6-10,14H,1-5H3;1-3H,4H2;2*1H;/q;;;;+2/p-2. The summed E-state index contributed by atoms with van der Waals surface area (Å²) in [7, 11) is 2.01. The van der Waals surface area contributed by atoms with Gasteiger partial charge in [-0.3, -0.25) is 0 Å². The Morgan fingerprint density at radius 1 is 1.00 bits per heavy atom. The fraction of sp³-hybridized carbons (Fsp3) is 0.444. The van der Waals surface area contributed by atoms with Crippen LogP contribution in [0.4, 0.5) is 5.69 Å². The molecule has 2 rings (SSSR count). The Morgan fingerprint density at radius 2 is 1.50 bits per heavy atom. The van der Waals surface area contributed by atoms with Crippen LogP contribution in [0.1, 0.15) is 57.1 Å². The van der Waals surface area contributed by atoms with Gasteiger partial charge in [0.1, 0.15) is 0 Å². The first kappa shape index (κ1) is 24.1. The SMILES string of the molecule is CNc1c(C(C)C)cccc1C(C)C.[Cl-].[Cl-].[Ti+2][C]1=CC=CC1. The van der Waals surface area contributed by atoms with Gasteiger partial charge < -0.3 is 30.1 Å². The quantitative estimate of drug-likeness (QED) is 0.694. The molecule has 4 heteroatoms. The summed E-state index contributed by atoms with van der Waals surface area (Å²) in [4.78, 5) is 0. The van der Waals surface area contributed by atoms with Crippen molar-refractivity contribution in [3.8, 4) is 0 Å². The van der Waals surface area contributed by atoms with Gasteiger partial charge in [-0.05, 0) is 23.0 Å². The van der Waals surface area contributed by atoms with Crippen molar-refractivity contribution in [2.75, 3.05) is 12.4 Å². The number of anilines is 1. The van der Waals surface area contributed by atoms with Gasteiger partial charge in [0, 0.05) is 12.7 Å². The van der Waals surface area contributed by atoms with Gasteiger partial charge in [-0.15, -0.1) is 0 Å². The van der Waals surface area contributed by atoms with E-state index < -0.39 is 0 Å². The van der Waals surface area contributed by atoms with Crippen LogP contribution in [0.25, 0.3) is 0 Å². The van der Waals surface area contributed by atoms with E-state index in [0.717, 1.165) is 0 Å². The number of rotatable bonds is 3. The Bertz CT molecular complexity index is 468. The summed E-state index contributed by atoms with van der Waals surface area (Å²) < 4.78 is 1.47. The van der Waals surface area contributed by atoms with Gasteiger partial charge in [-0.1, -0.05) is 45.9 Å². The molecule has 0 saturated carbocycles. The molecule has 0 unspecified atom stereocenters. The second kappa shape index (κ2) is 12.2. The van der Waals surface area contributed by atoms with E-state index in [1.54, 1.807) is 0 Å². The molecule has 0 radical (unpaired) electrons. The fourth-order valence-corrected chi connectivity index (χ4v) is 2.62. The molecule has 0 heterocycles. The zero-order valence-corrected chi connectivity index (χ0v) is 17.2. The molecular weight excluding hydrogens is 349 g/mol. The van der Waals surface area contributed by atoms with Crippen molar-refractivity contribution in [2.45, 2.75) is 46.0 Å². The molecule has 0 fully saturated rings. The van der Waals surface area contributed by atoms with Crippen molar-refractivity contribution in [2.24, 2.45) is 0 Å². The summed E-state index contributed by atoms with van der Waals surface area (Å²) in [6.07, 6.45) is 7.56. The van der Waals surface area contributed by atoms with Crippen LogP contribution in [0.15, 0.2) is 40.3 Å². The molecule has 0 bridgehead atoms. The van der Waals surface area contributed by atoms with Gasteiger partial charge in [0.05, 0.1) is 0 Å². The monoisotopic (exact) mass is 374 g/mol. The Labute approximate surface area is 160 Å². The Morgan fingerprint density at radius 3 is 1.73 bits per heavy atom. The second-order valence-corrected chi connectivity index (χ2v) is 6.70. The Balaban J connectivity index is 0. The number of halogens is 2. The summed E-state index contributed by atoms with van der Waals surface area (Å²) in [5.74, 6) is 1.16. The number of nitrogens with one attached hydrogen (secondary N) is 1. The zero-order valence-electron chi connectivity index (χ0n) is 14.1. The molecule has 121 valence electrons. The van der Waals surface area contributed by atoms with Crippen LogP contribution in [0.5, 0.6) is 0 Å². The first-order valence-corrected chi connectivity index (χ1v) is 8.13. The molecule has 22 heavy (non-hydrogen) atoms. The van der Waals surface area contributed by atoms with Crippen molar-refractivity contribution in [3.05, 3.63) is 51.4 Å². The van der Waals surface area contributed by atoms with E-state index in [0.29, 0.717) is 11.8 Å². The van der Waals surface area contributed by atoms with E-state index in [4.69, 9.17) is 0 Å². The zero-order chi connectivity index (χ0) is 15.1. The van der Waals surface area contributed by atoms with Crippen molar-refractivity contribution >= 4 is 5.69 Å². The molecule has 1 aromatic rings. The predicted molar refractivity (Wildman–Crippen MR) is 86.0 cm³/mol. The average molecular weight is 375 g/mol.